The van der Waals surface area contributed by atoms with Crippen LogP contribution >= 0.6 is 11.3 Å². The van der Waals surface area contributed by atoms with E-state index in [9.17, 15) is 0 Å². The number of aromatic nitrogens is 3. The molecule has 4 heterocycles. The maximum absolute atomic E-state index is 4.38. The monoisotopic (exact) mass is 287 g/mol. The molecule has 0 bridgehead atoms. The zero-order chi connectivity index (χ0) is 13.4. The van der Waals surface area contributed by atoms with Gasteiger partial charge in [0, 0.05) is 50.1 Å². The minimum atomic E-state index is 0.749. The molecular formula is C14H17N5S. The van der Waals surface area contributed by atoms with E-state index in [1.165, 1.54) is 18.1 Å². The fourth-order valence-electron chi connectivity index (χ4n) is 3.36. The van der Waals surface area contributed by atoms with Crippen molar-refractivity contribution in [3.63, 3.8) is 0 Å². The van der Waals surface area contributed by atoms with Gasteiger partial charge in [0.15, 0.2) is 0 Å². The lowest BCUT2D eigenvalue weighted by Crippen LogP contribution is -2.29. The van der Waals surface area contributed by atoms with Crippen LogP contribution in [0.2, 0.25) is 0 Å². The molecule has 0 aliphatic carbocycles. The highest BCUT2D eigenvalue weighted by atomic mass is 32.1. The van der Waals surface area contributed by atoms with E-state index in [0.29, 0.717) is 0 Å². The van der Waals surface area contributed by atoms with Crippen molar-refractivity contribution in [1.29, 1.82) is 0 Å². The predicted octanol–water partition coefficient (Wildman–Crippen LogP) is 1.50. The number of rotatable bonds is 3. The Kier molecular flexibility index (Phi) is 3.12. The Morgan fingerprint density at radius 1 is 1.00 bits per heavy atom. The summed E-state index contributed by atoms with van der Waals surface area (Å²) in [5.41, 5.74) is 0. The van der Waals surface area contributed by atoms with E-state index in [1.807, 2.05) is 24.7 Å². The third-order valence-corrected chi connectivity index (χ3v) is 5.00. The number of anilines is 1. The summed E-state index contributed by atoms with van der Waals surface area (Å²) in [4.78, 5) is 18.0. The Bertz CT molecular complexity index is 544. The molecule has 0 saturated carbocycles. The van der Waals surface area contributed by atoms with Gasteiger partial charge in [-0.25, -0.2) is 15.0 Å². The van der Waals surface area contributed by atoms with E-state index in [-0.39, 0.29) is 0 Å². The first-order valence-corrected chi connectivity index (χ1v) is 7.89. The van der Waals surface area contributed by atoms with Crippen molar-refractivity contribution >= 4 is 17.3 Å². The molecule has 2 aromatic rings. The van der Waals surface area contributed by atoms with E-state index in [1.54, 1.807) is 11.3 Å². The van der Waals surface area contributed by atoms with Gasteiger partial charge in [-0.05, 0) is 17.9 Å². The fourth-order valence-corrected chi connectivity index (χ4v) is 4.02. The Labute approximate surface area is 122 Å². The summed E-state index contributed by atoms with van der Waals surface area (Å²) in [6.45, 7) is 5.53. The molecule has 2 aliphatic heterocycles. The molecule has 2 aliphatic rings. The summed E-state index contributed by atoms with van der Waals surface area (Å²) in [6.07, 6.45) is 5.54. The SMILES string of the molecule is c1cnc(N2CC3CN(Cc4nccs4)CC3C2)nc1. The van der Waals surface area contributed by atoms with Crippen LogP contribution in [0.15, 0.2) is 30.0 Å². The lowest BCUT2D eigenvalue weighted by molar-refractivity contribution is 0.308. The van der Waals surface area contributed by atoms with Crippen LogP contribution < -0.4 is 4.90 Å². The van der Waals surface area contributed by atoms with Crippen molar-refractivity contribution in [2.45, 2.75) is 6.54 Å². The molecule has 2 fully saturated rings. The summed E-state index contributed by atoms with van der Waals surface area (Å²) in [7, 11) is 0. The van der Waals surface area contributed by atoms with Crippen molar-refractivity contribution in [3.8, 4) is 0 Å². The van der Waals surface area contributed by atoms with Gasteiger partial charge in [0.25, 0.3) is 0 Å². The predicted molar refractivity (Wildman–Crippen MR) is 78.6 cm³/mol. The molecule has 6 heteroatoms. The second-order valence-electron chi connectivity index (χ2n) is 5.59. The molecule has 2 unspecified atom stereocenters. The van der Waals surface area contributed by atoms with Crippen LogP contribution in [-0.4, -0.2) is 46.0 Å². The largest absolute Gasteiger partial charge is 0.340 e. The van der Waals surface area contributed by atoms with Gasteiger partial charge in [0.2, 0.25) is 5.95 Å². The average molecular weight is 287 g/mol. The second kappa shape index (κ2) is 5.10. The topological polar surface area (TPSA) is 45.2 Å². The summed E-state index contributed by atoms with van der Waals surface area (Å²) in [5, 5.41) is 3.29. The quantitative estimate of drug-likeness (QED) is 0.856. The molecule has 4 rings (SSSR count). The third-order valence-electron chi connectivity index (χ3n) is 4.24. The van der Waals surface area contributed by atoms with E-state index < -0.39 is 0 Å². The molecule has 0 aromatic carbocycles. The molecule has 2 aromatic heterocycles. The molecule has 2 atom stereocenters. The molecule has 0 spiro atoms. The second-order valence-corrected chi connectivity index (χ2v) is 6.57. The van der Waals surface area contributed by atoms with Crippen LogP contribution in [-0.2, 0) is 6.54 Å². The van der Waals surface area contributed by atoms with Crippen molar-refractivity contribution < 1.29 is 0 Å². The van der Waals surface area contributed by atoms with Gasteiger partial charge in [-0.3, -0.25) is 4.90 Å². The standard InChI is InChI=1S/C14H17N5S/c1-2-16-14(17-3-1)19-8-11-6-18(7-12(11)9-19)10-13-15-4-5-20-13/h1-5,11-12H,6-10H2. The van der Waals surface area contributed by atoms with Gasteiger partial charge in [-0.15, -0.1) is 11.3 Å². The van der Waals surface area contributed by atoms with Crippen LogP contribution in [0.25, 0.3) is 0 Å². The van der Waals surface area contributed by atoms with E-state index in [0.717, 1.165) is 37.4 Å². The molecule has 20 heavy (non-hydrogen) atoms. The highest BCUT2D eigenvalue weighted by Crippen LogP contribution is 2.33. The molecule has 2 saturated heterocycles. The number of thiazole rings is 1. The van der Waals surface area contributed by atoms with E-state index in [4.69, 9.17) is 0 Å². The summed E-state index contributed by atoms with van der Waals surface area (Å²) in [6, 6.07) is 1.87. The number of likely N-dealkylation sites (tertiary alicyclic amines) is 1. The molecule has 5 nitrogen and oxygen atoms in total. The van der Waals surface area contributed by atoms with Gasteiger partial charge in [-0.2, -0.15) is 0 Å². The Hall–Kier alpha value is -1.53. The third kappa shape index (κ3) is 2.29. The van der Waals surface area contributed by atoms with Gasteiger partial charge in [0.05, 0.1) is 6.54 Å². The highest BCUT2D eigenvalue weighted by molar-refractivity contribution is 7.09. The minimum absolute atomic E-state index is 0.749. The molecule has 0 N–H and O–H groups in total. The van der Waals surface area contributed by atoms with Gasteiger partial charge in [0.1, 0.15) is 5.01 Å². The minimum Gasteiger partial charge on any atom is -0.340 e. The number of fused-ring (bicyclic) bond motifs is 1. The first-order valence-electron chi connectivity index (χ1n) is 7.01. The first kappa shape index (κ1) is 12.2. The zero-order valence-corrected chi connectivity index (χ0v) is 12.0. The van der Waals surface area contributed by atoms with Crippen LogP contribution in [0.3, 0.4) is 0 Å². The number of hydrogen-bond acceptors (Lipinski definition) is 6. The summed E-state index contributed by atoms with van der Waals surface area (Å²) >= 11 is 1.75. The summed E-state index contributed by atoms with van der Waals surface area (Å²) < 4.78 is 0. The molecular weight excluding hydrogens is 270 g/mol. The first-order chi connectivity index (χ1) is 9.88. The van der Waals surface area contributed by atoms with Gasteiger partial charge in [-0.1, -0.05) is 0 Å². The Morgan fingerprint density at radius 3 is 2.40 bits per heavy atom. The average Bonchev–Trinajstić information content (AvgIpc) is 3.16. The fraction of sp³-hybridized carbons (Fsp3) is 0.500. The lowest BCUT2D eigenvalue weighted by atomic mass is 10.0. The van der Waals surface area contributed by atoms with Crippen LogP contribution in [0.1, 0.15) is 5.01 Å². The normalized spacial score (nSPS) is 26.1. The summed E-state index contributed by atoms with van der Waals surface area (Å²) in [5.74, 6) is 2.38. The van der Waals surface area contributed by atoms with Crippen molar-refractivity contribution in [1.82, 2.24) is 19.9 Å². The number of nitrogens with zero attached hydrogens (tertiary/aromatic N) is 5. The smallest absolute Gasteiger partial charge is 0.225 e. The lowest BCUT2D eigenvalue weighted by Gasteiger charge is -2.20. The number of hydrogen-bond donors (Lipinski definition) is 0. The van der Waals surface area contributed by atoms with Crippen molar-refractivity contribution in [3.05, 3.63) is 35.0 Å². The molecule has 0 amide bonds. The Balaban J connectivity index is 1.38. The van der Waals surface area contributed by atoms with E-state index >= 15 is 0 Å². The zero-order valence-electron chi connectivity index (χ0n) is 11.2. The molecule has 0 radical (unpaired) electrons. The maximum Gasteiger partial charge on any atom is 0.225 e. The van der Waals surface area contributed by atoms with Crippen molar-refractivity contribution in [2.75, 3.05) is 31.1 Å². The maximum atomic E-state index is 4.38. The van der Waals surface area contributed by atoms with E-state index in [2.05, 4.69) is 30.1 Å². The van der Waals surface area contributed by atoms with Crippen LogP contribution in [0, 0.1) is 11.8 Å². The van der Waals surface area contributed by atoms with Crippen molar-refractivity contribution in [2.24, 2.45) is 11.8 Å². The highest BCUT2D eigenvalue weighted by Gasteiger charge is 2.40. The van der Waals surface area contributed by atoms with Gasteiger partial charge < -0.3 is 4.90 Å². The van der Waals surface area contributed by atoms with Crippen LogP contribution in [0.5, 0.6) is 0 Å². The molecule has 104 valence electrons. The van der Waals surface area contributed by atoms with Gasteiger partial charge >= 0.3 is 0 Å². The Morgan fingerprint density at radius 2 is 1.75 bits per heavy atom. The van der Waals surface area contributed by atoms with Crippen LogP contribution in [0.4, 0.5) is 5.95 Å².